The summed E-state index contributed by atoms with van der Waals surface area (Å²) in [6.07, 6.45) is 7.59. The molecule has 0 aliphatic rings. The van der Waals surface area contributed by atoms with Crippen molar-refractivity contribution >= 4 is 74.9 Å². The van der Waals surface area contributed by atoms with Crippen molar-refractivity contribution in [3.63, 3.8) is 0 Å². The van der Waals surface area contributed by atoms with Gasteiger partial charge in [0.25, 0.3) is 5.69 Å². The summed E-state index contributed by atoms with van der Waals surface area (Å²) in [4.78, 5) is 26.5. The average molecular weight is 759 g/mol. The third-order valence-electron chi connectivity index (χ3n) is 9.69. The van der Waals surface area contributed by atoms with E-state index >= 15 is 0 Å². The molecule has 282 valence electrons. The Balaban J connectivity index is 1.06. The molecule has 0 saturated carbocycles. The monoisotopic (exact) mass is 758 g/mol. The zero-order valence-electron chi connectivity index (χ0n) is 31.3. The molecule has 0 heterocycles. The summed E-state index contributed by atoms with van der Waals surface area (Å²) in [7, 11) is 0. The average Bonchev–Trinajstić information content (AvgIpc) is 3.27. The van der Waals surface area contributed by atoms with Gasteiger partial charge in [-0.25, -0.2) is 0 Å². The number of benzene rings is 8. The molecule has 0 radical (unpaired) electrons. The van der Waals surface area contributed by atoms with Crippen molar-refractivity contribution in [3.8, 4) is 5.75 Å². The van der Waals surface area contributed by atoms with Crippen LogP contribution < -0.4 is 20.6 Å². The first-order chi connectivity index (χ1) is 28.5. The molecule has 2 N–H and O–H groups in total. The van der Waals surface area contributed by atoms with Crippen LogP contribution in [0.25, 0.3) is 35.1 Å². The maximum atomic E-state index is 12.5. The van der Waals surface area contributed by atoms with Crippen LogP contribution >= 0.6 is 0 Å². The number of nitrogens with zero attached hydrogens (tertiary/aromatic N) is 3. The van der Waals surface area contributed by atoms with Gasteiger partial charge in [0, 0.05) is 45.6 Å². The molecule has 0 saturated heterocycles. The van der Waals surface area contributed by atoms with E-state index in [9.17, 15) is 10.1 Å². The number of nitro benzene ring substituents is 1. The molecule has 8 rings (SSSR count). The first kappa shape index (κ1) is 37.2. The van der Waals surface area contributed by atoms with Gasteiger partial charge >= 0.3 is 0 Å². The highest BCUT2D eigenvalue weighted by Gasteiger charge is 2.18. The van der Waals surface area contributed by atoms with Gasteiger partial charge in [-0.3, -0.25) is 10.1 Å². The van der Waals surface area contributed by atoms with E-state index in [1.807, 2.05) is 127 Å². The second-order valence-electron chi connectivity index (χ2n) is 13.5. The summed E-state index contributed by atoms with van der Waals surface area (Å²) in [5.41, 5.74) is 9.27. The van der Waals surface area contributed by atoms with Gasteiger partial charge in [-0.2, -0.15) is 5.90 Å². The van der Waals surface area contributed by atoms with E-state index in [2.05, 4.69) is 87.6 Å². The topological polar surface area (TPSA) is 94.1 Å². The molecule has 0 amide bonds. The molecular formula is C50H38N4O4. The Morgan fingerprint density at radius 3 is 1.16 bits per heavy atom. The van der Waals surface area contributed by atoms with Gasteiger partial charge in [0.2, 0.25) is 0 Å². The maximum absolute atomic E-state index is 12.5. The van der Waals surface area contributed by atoms with Crippen LogP contribution in [0, 0.1) is 10.1 Å². The van der Waals surface area contributed by atoms with Crippen LogP contribution in [-0.4, -0.2) is 4.92 Å². The number of anilines is 6. The number of rotatable bonds is 13. The fourth-order valence-corrected chi connectivity index (χ4v) is 6.97. The van der Waals surface area contributed by atoms with Crippen molar-refractivity contribution in [2.75, 3.05) is 9.80 Å². The minimum atomic E-state index is -0.388. The van der Waals surface area contributed by atoms with Crippen LogP contribution in [0.2, 0.25) is 0 Å². The largest absolute Gasteiger partial charge is 0.319 e. The molecule has 8 nitrogen and oxygen atoms in total. The van der Waals surface area contributed by atoms with Gasteiger partial charge in [0.1, 0.15) is 0 Å². The standard InChI is InChI=1S/C50H38N4O4/c51-58-57-50-36-40(24-22-38-27-31-46(32-28-38)53(43-17-9-3-10-18-43)44-19-11-4-12-20-44)33-47-48(50)34-39(35-49(47)54(55)56)23-21-37-25-29-45(30-26-37)52(41-13-5-1-6-14-41)42-15-7-2-8-16-42/h1-36H,51H2/b23-21-,24-22-. The van der Waals surface area contributed by atoms with Crippen molar-refractivity contribution in [2.45, 2.75) is 0 Å². The first-order valence-electron chi connectivity index (χ1n) is 18.7. The molecule has 8 aromatic rings. The van der Waals surface area contributed by atoms with Crippen molar-refractivity contribution in [2.24, 2.45) is 5.90 Å². The van der Waals surface area contributed by atoms with Crippen LogP contribution in [-0.2, 0) is 4.99 Å². The van der Waals surface area contributed by atoms with Gasteiger partial charge in [0.15, 0.2) is 5.75 Å². The Kier molecular flexibility index (Phi) is 11.1. The van der Waals surface area contributed by atoms with E-state index < -0.39 is 0 Å². The van der Waals surface area contributed by atoms with Crippen molar-refractivity contribution in [3.05, 3.63) is 226 Å². The summed E-state index contributed by atoms with van der Waals surface area (Å²) < 4.78 is 0. The summed E-state index contributed by atoms with van der Waals surface area (Å²) in [6, 6.07) is 64.0. The van der Waals surface area contributed by atoms with Crippen LogP contribution in [0.5, 0.6) is 5.75 Å². The lowest BCUT2D eigenvalue weighted by Crippen LogP contribution is -2.09. The van der Waals surface area contributed by atoms with E-state index in [1.54, 1.807) is 18.2 Å². The van der Waals surface area contributed by atoms with Gasteiger partial charge in [-0.05, 0) is 113 Å². The second kappa shape index (κ2) is 17.3. The quantitative estimate of drug-likeness (QED) is 0.0541. The molecule has 0 aliphatic carbocycles. The number of nitro groups is 1. The molecule has 0 aliphatic heterocycles. The van der Waals surface area contributed by atoms with Crippen LogP contribution in [0.3, 0.4) is 0 Å². The predicted molar refractivity (Wildman–Crippen MR) is 237 cm³/mol. The van der Waals surface area contributed by atoms with Gasteiger partial charge < -0.3 is 14.7 Å². The normalized spacial score (nSPS) is 11.3. The van der Waals surface area contributed by atoms with E-state index in [-0.39, 0.29) is 16.4 Å². The van der Waals surface area contributed by atoms with E-state index in [4.69, 9.17) is 10.8 Å². The number of hydrogen-bond donors (Lipinski definition) is 1. The molecular weight excluding hydrogens is 721 g/mol. The zero-order chi connectivity index (χ0) is 39.7. The predicted octanol–water partition coefficient (Wildman–Crippen LogP) is 13.2. The maximum Gasteiger partial charge on any atom is 0.277 e. The number of non-ortho nitro benzene ring substituents is 1. The highest BCUT2D eigenvalue weighted by Crippen LogP contribution is 2.38. The van der Waals surface area contributed by atoms with Crippen molar-refractivity contribution in [1.82, 2.24) is 0 Å². The SMILES string of the molecule is NOOc1cc(/C=C\c2ccc(N(c3ccccc3)c3ccccc3)cc2)cc2c([N+](=O)[O-])cc(/C=C\c3ccc(N(c4ccccc4)c4ccccc4)cc3)cc12. The minimum Gasteiger partial charge on any atom is -0.319 e. The molecule has 0 atom stereocenters. The van der Waals surface area contributed by atoms with E-state index in [1.165, 1.54) is 0 Å². The summed E-state index contributed by atoms with van der Waals surface area (Å²) in [5.74, 6) is 5.62. The summed E-state index contributed by atoms with van der Waals surface area (Å²) in [6.45, 7) is 0. The second-order valence-corrected chi connectivity index (χ2v) is 13.5. The summed E-state index contributed by atoms with van der Waals surface area (Å²) in [5, 5.41) is 13.4. The Bertz CT molecular complexity index is 2610. The molecule has 0 unspecified atom stereocenters. The Morgan fingerprint density at radius 2 is 0.776 bits per heavy atom. The number of fused-ring (bicyclic) bond motifs is 1. The molecule has 58 heavy (non-hydrogen) atoms. The smallest absolute Gasteiger partial charge is 0.277 e. The molecule has 0 fully saturated rings. The highest BCUT2D eigenvalue weighted by atomic mass is 17.3. The molecule has 8 aromatic carbocycles. The fraction of sp³-hybridized carbons (Fsp3) is 0. The Labute approximate surface area is 336 Å². The lowest BCUT2D eigenvalue weighted by molar-refractivity contribution is -0.383. The van der Waals surface area contributed by atoms with E-state index in [0.717, 1.165) is 45.3 Å². The highest BCUT2D eigenvalue weighted by molar-refractivity contribution is 5.99. The lowest BCUT2D eigenvalue weighted by Gasteiger charge is -2.25. The van der Waals surface area contributed by atoms with Crippen LogP contribution in [0.4, 0.5) is 39.8 Å². The molecule has 0 spiro atoms. The Morgan fingerprint density at radius 1 is 0.431 bits per heavy atom. The fourth-order valence-electron chi connectivity index (χ4n) is 6.97. The molecule has 0 aromatic heterocycles. The van der Waals surface area contributed by atoms with Crippen LogP contribution in [0.1, 0.15) is 22.3 Å². The van der Waals surface area contributed by atoms with E-state index in [0.29, 0.717) is 21.9 Å². The minimum absolute atomic E-state index is 0.0720. The van der Waals surface area contributed by atoms with Gasteiger partial charge in [-0.15, -0.1) is 0 Å². The first-order valence-corrected chi connectivity index (χ1v) is 18.7. The summed E-state index contributed by atoms with van der Waals surface area (Å²) >= 11 is 0. The zero-order valence-corrected chi connectivity index (χ0v) is 31.3. The number of nitrogens with two attached hydrogens (primary N) is 1. The third-order valence-corrected chi connectivity index (χ3v) is 9.69. The number of hydrogen-bond acceptors (Lipinski definition) is 7. The lowest BCUT2D eigenvalue weighted by atomic mass is 10.00. The molecule has 8 heteroatoms. The number of para-hydroxylation sites is 4. The van der Waals surface area contributed by atoms with Gasteiger partial charge in [-0.1, -0.05) is 126 Å². The van der Waals surface area contributed by atoms with Crippen molar-refractivity contribution < 1.29 is 14.8 Å². The third kappa shape index (κ3) is 8.39. The van der Waals surface area contributed by atoms with Crippen LogP contribution in [0.15, 0.2) is 194 Å². The van der Waals surface area contributed by atoms with Crippen molar-refractivity contribution in [1.29, 1.82) is 0 Å². The molecule has 0 bridgehead atoms. The Hall–Kier alpha value is -7.78. The van der Waals surface area contributed by atoms with Gasteiger partial charge in [0.05, 0.1) is 10.3 Å².